The molecule has 1 aromatic heterocycles. The number of terminal acetylenes is 1. The molecule has 0 spiro atoms. The number of amides is 1. The van der Waals surface area contributed by atoms with Gasteiger partial charge >= 0.3 is 0 Å². The molecule has 27 heavy (non-hydrogen) atoms. The van der Waals surface area contributed by atoms with Crippen molar-refractivity contribution in [3.63, 3.8) is 0 Å². The number of hydrogen-bond donors (Lipinski definition) is 1. The quantitative estimate of drug-likeness (QED) is 0.408. The maximum atomic E-state index is 13.2. The summed E-state index contributed by atoms with van der Waals surface area (Å²) in [5.41, 5.74) is 1.49. The summed E-state index contributed by atoms with van der Waals surface area (Å²) in [5, 5.41) is 3.69. The van der Waals surface area contributed by atoms with Gasteiger partial charge in [-0.1, -0.05) is 60.1 Å². The highest BCUT2D eigenvalue weighted by Crippen LogP contribution is 2.24. The molecular formula is C21H19N3O2S. The first-order valence-electron chi connectivity index (χ1n) is 8.51. The van der Waals surface area contributed by atoms with Crippen molar-refractivity contribution in [1.82, 2.24) is 14.9 Å². The van der Waals surface area contributed by atoms with Crippen LogP contribution in [0.5, 0.6) is 0 Å². The van der Waals surface area contributed by atoms with Crippen LogP contribution in [0.15, 0.2) is 64.5 Å². The summed E-state index contributed by atoms with van der Waals surface area (Å²) in [5.74, 6) is 2.31. The Bertz CT molecular complexity index is 1050. The first-order valence-corrected chi connectivity index (χ1v) is 9.49. The van der Waals surface area contributed by atoms with Crippen LogP contribution >= 0.6 is 11.8 Å². The van der Waals surface area contributed by atoms with Crippen molar-refractivity contribution in [2.24, 2.45) is 0 Å². The predicted octanol–water partition coefficient (Wildman–Crippen LogP) is 2.85. The van der Waals surface area contributed by atoms with Gasteiger partial charge in [-0.3, -0.25) is 14.2 Å². The van der Waals surface area contributed by atoms with Crippen molar-refractivity contribution < 1.29 is 4.79 Å². The number of nitrogens with zero attached hydrogens (tertiary/aromatic N) is 2. The predicted molar refractivity (Wildman–Crippen MR) is 109 cm³/mol. The third-order valence-electron chi connectivity index (χ3n) is 4.16. The molecule has 0 bridgehead atoms. The van der Waals surface area contributed by atoms with Crippen molar-refractivity contribution >= 4 is 28.6 Å². The second-order valence-electron chi connectivity index (χ2n) is 5.94. The van der Waals surface area contributed by atoms with E-state index in [4.69, 9.17) is 6.42 Å². The second-order valence-corrected chi connectivity index (χ2v) is 6.89. The largest absolute Gasteiger partial charge is 0.344 e. The molecule has 0 aliphatic carbocycles. The first-order chi connectivity index (χ1) is 13.1. The van der Waals surface area contributed by atoms with E-state index in [1.54, 1.807) is 16.7 Å². The summed E-state index contributed by atoms with van der Waals surface area (Å²) >= 11 is 1.23. The van der Waals surface area contributed by atoms with E-state index in [0.29, 0.717) is 16.1 Å². The molecule has 1 amide bonds. The van der Waals surface area contributed by atoms with E-state index in [-0.39, 0.29) is 29.8 Å². The van der Waals surface area contributed by atoms with Gasteiger partial charge in [0.25, 0.3) is 5.56 Å². The van der Waals surface area contributed by atoms with Gasteiger partial charge in [-0.15, -0.1) is 6.42 Å². The second kappa shape index (κ2) is 8.56. The van der Waals surface area contributed by atoms with Crippen molar-refractivity contribution in [3.8, 4) is 12.3 Å². The fourth-order valence-corrected chi connectivity index (χ4v) is 3.69. The van der Waals surface area contributed by atoms with Crippen molar-refractivity contribution in [1.29, 1.82) is 0 Å². The van der Waals surface area contributed by atoms with Gasteiger partial charge in [0, 0.05) is 0 Å². The maximum absolute atomic E-state index is 13.2. The normalized spacial score (nSPS) is 11.7. The first kappa shape index (κ1) is 18.7. The van der Waals surface area contributed by atoms with Crippen LogP contribution in [-0.2, 0) is 4.79 Å². The van der Waals surface area contributed by atoms with Gasteiger partial charge in [-0.05, 0) is 24.6 Å². The molecule has 3 rings (SSSR count). The van der Waals surface area contributed by atoms with Gasteiger partial charge < -0.3 is 5.32 Å². The molecule has 1 heterocycles. The number of benzene rings is 2. The van der Waals surface area contributed by atoms with Gasteiger partial charge in [0.15, 0.2) is 5.16 Å². The van der Waals surface area contributed by atoms with Crippen LogP contribution in [0, 0.1) is 12.3 Å². The van der Waals surface area contributed by atoms with Gasteiger partial charge in [0.2, 0.25) is 5.91 Å². The van der Waals surface area contributed by atoms with Crippen LogP contribution in [0.25, 0.3) is 10.9 Å². The topological polar surface area (TPSA) is 64.0 Å². The number of carbonyl (C=O) groups excluding carboxylic acids is 1. The molecule has 0 fully saturated rings. The number of aromatic nitrogens is 2. The molecule has 0 aliphatic rings. The lowest BCUT2D eigenvalue weighted by Gasteiger charge is -2.19. The van der Waals surface area contributed by atoms with Crippen LogP contribution in [0.3, 0.4) is 0 Å². The van der Waals surface area contributed by atoms with Gasteiger partial charge in [0.05, 0.1) is 29.2 Å². The number of carbonyl (C=O) groups is 1. The Labute approximate surface area is 161 Å². The standard InChI is InChI=1S/C21H19N3O2S/c1-3-13-22-19(25)14-27-21-23-18-12-8-7-11-17(18)20(26)24(21)15(2)16-9-5-4-6-10-16/h1,4-12,15H,13-14H2,2H3,(H,22,25)/t15-/m0/s1. The monoisotopic (exact) mass is 377 g/mol. The average Bonchev–Trinajstić information content (AvgIpc) is 2.71. The van der Waals surface area contributed by atoms with Gasteiger partial charge in [-0.25, -0.2) is 4.98 Å². The Morgan fingerprint density at radius 3 is 2.67 bits per heavy atom. The highest BCUT2D eigenvalue weighted by atomic mass is 32.2. The van der Waals surface area contributed by atoms with E-state index in [1.807, 2.05) is 49.4 Å². The van der Waals surface area contributed by atoms with Gasteiger partial charge in [-0.2, -0.15) is 0 Å². The molecule has 0 saturated carbocycles. The molecule has 0 aliphatic heterocycles. The highest BCUT2D eigenvalue weighted by Gasteiger charge is 2.18. The zero-order valence-electron chi connectivity index (χ0n) is 14.9. The molecule has 5 nitrogen and oxygen atoms in total. The number of fused-ring (bicyclic) bond motifs is 1. The third kappa shape index (κ3) is 4.21. The van der Waals surface area contributed by atoms with Crippen molar-refractivity contribution in [3.05, 3.63) is 70.5 Å². The van der Waals surface area contributed by atoms with Crippen molar-refractivity contribution in [2.45, 2.75) is 18.1 Å². The smallest absolute Gasteiger partial charge is 0.262 e. The lowest BCUT2D eigenvalue weighted by molar-refractivity contribution is -0.118. The molecule has 2 aromatic carbocycles. The SMILES string of the molecule is C#CCNC(=O)CSc1nc2ccccc2c(=O)n1[C@@H](C)c1ccccc1. The zero-order valence-corrected chi connectivity index (χ0v) is 15.7. The van der Waals surface area contributed by atoms with Crippen LogP contribution in [0.1, 0.15) is 18.5 Å². The van der Waals surface area contributed by atoms with Crippen LogP contribution in [0.4, 0.5) is 0 Å². The lowest BCUT2D eigenvalue weighted by atomic mass is 10.1. The Kier molecular flexibility index (Phi) is 5.94. The van der Waals surface area contributed by atoms with E-state index in [0.717, 1.165) is 5.56 Å². The molecule has 0 saturated heterocycles. The molecular weight excluding hydrogens is 358 g/mol. The van der Waals surface area contributed by atoms with Crippen molar-refractivity contribution in [2.75, 3.05) is 12.3 Å². The van der Waals surface area contributed by atoms with E-state index < -0.39 is 0 Å². The van der Waals surface area contributed by atoms with Gasteiger partial charge in [0.1, 0.15) is 0 Å². The Balaban J connectivity index is 2.04. The highest BCUT2D eigenvalue weighted by molar-refractivity contribution is 7.99. The van der Waals surface area contributed by atoms with E-state index in [9.17, 15) is 9.59 Å². The summed E-state index contributed by atoms with van der Waals surface area (Å²) in [6.07, 6.45) is 5.17. The number of hydrogen-bond acceptors (Lipinski definition) is 4. The molecule has 1 N–H and O–H groups in total. The van der Waals surface area contributed by atoms with Crippen LogP contribution in [0.2, 0.25) is 0 Å². The van der Waals surface area contributed by atoms with E-state index in [1.165, 1.54) is 11.8 Å². The fourth-order valence-electron chi connectivity index (χ4n) is 2.78. The summed E-state index contributed by atoms with van der Waals surface area (Å²) in [7, 11) is 0. The van der Waals surface area contributed by atoms with Crippen LogP contribution < -0.4 is 10.9 Å². The average molecular weight is 377 g/mol. The number of para-hydroxylation sites is 1. The summed E-state index contributed by atoms with van der Waals surface area (Å²) < 4.78 is 1.65. The van der Waals surface area contributed by atoms with E-state index >= 15 is 0 Å². The molecule has 3 aromatic rings. The lowest BCUT2D eigenvalue weighted by Crippen LogP contribution is -2.29. The maximum Gasteiger partial charge on any atom is 0.262 e. The number of rotatable bonds is 6. The number of nitrogens with one attached hydrogen (secondary N) is 1. The minimum absolute atomic E-state index is 0.122. The molecule has 6 heteroatoms. The Hall–Kier alpha value is -3.04. The fraction of sp³-hybridized carbons (Fsp3) is 0.190. The molecule has 0 radical (unpaired) electrons. The van der Waals surface area contributed by atoms with Crippen LogP contribution in [-0.4, -0.2) is 27.8 Å². The zero-order chi connectivity index (χ0) is 19.2. The summed E-state index contributed by atoms with van der Waals surface area (Å²) in [6, 6.07) is 16.8. The number of thioether (sulfide) groups is 1. The Morgan fingerprint density at radius 2 is 1.93 bits per heavy atom. The minimum atomic E-state index is -0.216. The minimum Gasteiger partial charge on any atom is -0.344 e. The molecule has 136 valence electrons. The molecule has 0 unspecified atom stereocenters. The summed E-state index contributed by atoms with van der Waals surface area (Å²) in [6.45, 7) is 2.13. The Morgan fingerprint density at radius 1 is 1.22 bits per heavy atom. The molecule has 1 atom stereocenters. The third-order valence-corrected chi connectivity index (χ3v) is 5.12. The van der Waals surface area contributed by atoms with E-state index in [2.05, 4.69) is 16.2 Å². The summed E-state index contributed by atoms with van der Waals surface area (Å²) in [4.78, 5) is 29.7.